The predicted octanol–water partition coefficient (Wildman–Crippen LogP) is 3.19. The van der Waals surface area contributed by atoms with Crippen molar-refractivity contribution >= 4 is 17.2 Å². The molecule has 1 aliphatic heterocycles. The van der Waals surface area contributed by atoms with Gasteiger partial charge in [0.2, 0.25) is 0 Å². The van der Waals surface area contributed by atoms with Crippen LogP contribution in [0.1, 0.15) is 31.4 Å². The molecule has 0 aliphatic carbocycles. The maximum absolute atomic E-state index is 6.00. The van der Waals surface area contributed by atoms with Crippen molar-refractivity contribution in [1.82, 2.24) is 14.3 Å². The fourth-order valence-corrected chi connectivity index (χ4v) is 2.91. The Morgan fingerprint density at radius 3 is 3.22 bits per heavy atom. The summed E-state index contributed by atoms with van der Waals surface area (Å²) in [6.07, 6.45) is 6.64. The molecule has 0 N–H and O–H groups in total. The molecule has 0 aromatic carbocycles. The number of likely N-dealkylation sites (tertiary alicyclic amines) is 1. The number of aromatic nitrogens is 2. The molecule has 2 aromatic heterocycles. The molecule has 4 heteroatoms. The summed E-state index contributed by atoms with van der Waals surface area (Å²) in [4.78, 5) is 7.22. The zero-order chi connectivity index (χ0) is 12.5. The van der Waals surface area contributed by atoms with Gasteiger partial charge in [-0.25, -0.2) is 4.98 Å². The van der Waals surface area contributed by atoms with Crippen LogP contribution in [0.5, 0.6) is 0 Å². The van der Waals surface area contributed by atoms with Crippen LogP contribution >= 0.6 is 11.6 Å². The van der Waals surface area contributed by atoms with Gasteiger partial charge < -0.3 is 9.30 Å². The van der Waals surface area contributed by atoms with Crippen molar-refractivity contribution < 1.29 is 0 Å². The van der Waals surface area contributed by atoms with E-state index in [-0.39, 0.29) is 0 Å². The molecule has 0 spiro atoms. The van der Waals surface area contributed by atoms with E-state index in [1.807, 2.05) is 18.3 Å². The maximum atomic E-state index is 6.00. The Balaban J connectivity index is 1.89. The van der Waals surface area contributed by atoms with Crippen LogP contribution in [-0.4, -0.2) is 33.9 Å². The number of fused-ring (bicyclic) bond motifs is 1. The minimum absolute atomic E-state index is 0.567. The van der Waals surface area contributed by atoms with Crippen LogP contribution in [0.15, 0.2) is 24.5 Å². The summed E-state index contributed by atoms with van der Waals surface area (Å²) in [5.41, 5.74) is 2.15. The highest BCUT2D eigenvalue weighted by molar-refractivity contribution is 6.30. The number of hydrogen-bond acceptors (Lipinski definition) is 2. The molecule has 0 radical (unpaired) electrons. The maximum Gasteiger partial charge on any atom is 0.138 e. The number of piperidine rings is 1. The van der Waals surface area contributed by atoms with Crippen LogP contribution in [0.25, 0.3) is 5.65 Å². The van der Waals surface area contributed by atoms with Crippen molar-refractivity contribution in [3.8, 4) is 0 Å². The van der Waals surface area contributed by atoms with E-state index in [2.05, 4.69) is 22.4 Å². The number of likely N-dealkylation sites (N-methyl/N-ethyl adjacent to an activating group) is 1. The molecule has 3 nitrogen and oxygen atoms in total. The Hall–Kier alpha value is -1.06. The molecular weight excluding hydrogens is 246 g/mol. The normalized spacial score (nSPS) is 21.6. The van der Waals surface area contributed by atoms with Crippen LogP contribution < -0.4 is 0 Å². The highest BCUT2D eigenvalue weighted by Crippen LogP contribution is 2.26. The molecule has 1 fully saturated rings. The van der Waals surface area contributed by atoms with Crippen molar-refractivity contribution in [2.45, 2.75) is 25.7 Å². The average Bonchev–Trinajstić information content (AvgIpc) is 2.81. The fraction of sp³-hybridized carbons (Fsp3) is 0.500. The second kappa shape index (κ2) is 4.90. The molecule has 18 heavy (non-hydrogen) atoms. The minimum Gasteiger partial charge on any atom is -0.307 e. The van der Waals surface area contributed by atoms with Gasteiger partial charge in [-0.3, -0.25) is 0 Å². The molecule has 1 aliphatic rings. The zero-order valence-corrected chi connectivity index (χ0v) is 11.4. The van der Waals surface area contributed by atoms with Gasteiger partial charge in [-0.05, 0) is 38.1 Å². The van der Waals surface area contributed by atoms with E-state index in [0.717, 1.165) is 23.8 Å². The minimum atomic E-state index is 0.567. The molecule has 1 saturated heterocycles. The van der Waals surface area contributed by atoms with Gasteiger partial charge in [0.15, 0.2) is 0 Å². The monoisotopic (exact) mass is 263 g/mol. The Bertz CT molecular complexity index is 549. The summed E-state index contributed by atoms with van der Waals surface area (Å²) in [7, 11) is 0. The van der Waals surface area contributed by atoms with Crippen LogP contribution in [0.4, 0.5) is 0 Å². The predicted molar refractivity (Wildman–Crippen MR) is 74.3 cm³/mol. The number of nitrogens with zero attached hydrogens (tertiary/aromatic N) is 3. The first kappa shape index (κ1) is 12.0. The third-order valence-electron chi connectivity index (χ3n) is 3.81. The number of rotatable bonds is 2. The van der Waals surface area contributed by atoms with Gasteiger partial charge in [-0.2, -0.15) is 0 Å². The first-order valence-corrected chi connectivity index (χ1v) is 7.00. The highest BCUT2D eigenvalue weighted by atomic mass is 35.5. The summed E-state index contributed by atoms with van der Waals surface area (Å²) in [6, 6.07) is 3.82. The van der Waals surface area contributed by atoms with E-state index in [0.29, 0.717) is 5.92 Å². The molecular formula is C14H18ClN3. The molecule has 2 aromatic rings. The van der Waals surface area contributed by atoms with E-state index < -0.39 is 0 Å². The number of hydrogen-bond donors (Lipinski definition) is 0. The van der Waals surface area contributed by atoms with Gasteiger partial charge in [-0.15, -0.1) is 0 Å². The molecule has 0 amide bonds. The standard InChI is InChI=1S/C14H18ClN3/c1-2-17-6-3-4-11(9-17)13-10-18-7-5-12(15)8-14(18)16-13/h5,7-8,10-11H,2-4,6,9H2,1H3. The van der Waals surface area contributed by atoms with Crippen molar-refractivity contribution in [3.05, 3.63) is 35.2 Å². The number of imidazole rings is 1. The number of halogens is 1. The van der Waals surface area contributed by atoms with E-state index in [9.17, 15) is 0 Å². The first-order valence-electron chi connectivity index (χ1n) is 6.63. The topological polar surface area (TPSA) is 20.5 Å². The molecule has 0 saturated carbocycles. The van der Waals surface area contributed by atoms with Crippen molar-refractivity contribution in [2.24, 2.45) is 0 Å². The lowest BCUT2D eigenvalue weighted by Gasteiger charge is -2.30. The second-order valence-electron chi connectivity index (χ2n) is 5.01. The zero-order valence-electron chi connectivity index (χ0n) is 10.6. The lowest BCUT2D eigenvalue weighted by Crippen LogP contribution is -2.34. The smallest absolute Gasteiger partial charge is 0.138 e. The van der Waals surface area contributed by atoms with E-state index in [4.69, 9.17) is 16.6 Å². The summed E-state index contributed by atoms with van der Waals surface area (Å²) >= 11 is 6.00. The Kier molecular flexibility index (Phi) is 3.27. The first-order chi connectivity index (χ1) is 8.76. The van der Waals surface area contributed by atoms with Crippen LogP contribution in [0.3, 0.4) is 0 Å². The largest absolute Gasteiger partial charge is 0.307 e. The Morgan fingerprint density at radius 1 is 1.50 bits per heavy atom. The number of pyridine rings is 1. The van der Waals surface area contributed by atoms with Gasteiger partial charge in [-0.1, -0.05) is 18.5 Å². The van der Waals surface area contributed by atoms with Gasteiger partial charge in [0.25, 0.3) is 0 Å². The third kappa shape index (κ3) is 2.25. The molecule has 1 unspecified atom stereocenters. The molecule has 3 heterocycles. The molecule has 1 atom stereocenters. The average molecular weight is 264 g/mol. The lowest BCUT2D eigenvalue weighted by molar-refractivity contribution is 0.216. The molecule has 0 bridgehead atoms. The fourth-order valence-electron chi connectivity index (χ4n) is 2.76. The summed E-state index contributed by atoms with van der Waals surface area (Å²) in [5.74, 6) is 0.567. The molecule has 96 valence electrons. The van der Waals surface area contributed by atoms with Crippen LogP contribution in [0.2, 0.25) is 5.02 Å². The van der Waals surface area contributed by atoms with Gasteiger partial charge in [0.1, 0.15) is 5.65 Å². The summed E-state index contributed by atoms with van der Waals surface area (Å²) in [6.45, 7) is 5.72. The van der Waals surface area contributed by atoms with Gasteiger partial charge in [0, 0.05) is 29.9 Å². The van der Waals surface area contributed by atoms with Gasteiger partial charge >= 0.3 is 0 Å². The van der Waals surface area contributed by atoms with Crippen molar-refractivity contribution in [2.75, 3.05) is 19.6 Å². The third-order valence-corrected chi connectivity index (χ3v) is 4.05. The Morgan fingerprint density at radius 2 is 2.39 bits per heavy atom. The quantitative estimate of drug-likeness (QED) is 0.830. The molecule has 3 rings (SSSR count). The van der Waals surface area contributed by atoms with Crippen molar-refractivity contribution in [1.29, 1.82) is 0 Å². The van der Waals surface area contributed by atoms with Crippen LogP contribution in [0, 0.1) is 0 Å². The van der Waals surface area contributed by atoms with E-state index in [1.165, 1.54) is 25.1 Å². The van der Waals surface area contributed by atoms with Crippen LogP contribution in [-0.2, 0) is 0 Å². The van der Waals surface area contributed by atoms with E-state index >= 15 is 0 Å². The van der Waals surface area contributed by atoms with E-state index in [1.54, 1.807) is 0 Å². The summed E-state index contributed by atoms with van der Waals surface area (Å²) < 4.78 is 2.06. The summed E-state index contributed by atoms with van der Waals surface area (Å²) in [5, 5.41) is 0.749. The Labute approximate surface area is 112 Å². The van der Waals surface area contributed by atoms with Crippen molar-refractivity contribution in [3.63, 3.8) is 0 Å². The second-order valence-corrected chi connectivity index (χ2v) is 5.45. The lowest BCUT2D eigenvalue weighted by atomic mass is 9.95. The highest BCUT2D eigenvalue weighted by Gasteiger charge is 2.22. The van der Waals surface area contributed by atoms with Gasteiger partial charge in [0.05, 0.1) is 5.69 Å². The SMILES string of the molecule is CCN1CCCC(c2cn3ccc(Cl)cc3n2)C1.